The third kappa shape index (κ3) is 2.71. The molecule has 0 N–H and O–H groups in total. The van der Waals surface area contributed by atoms with Crippen LogP contribution < -0.4 is 0 Å². The van der Waals surface area contributed by atoms with Crippen molar-refractivity contribution in [3.05, 3.63) is 16.1 Å². The summed E-state index contributed by atoms with van der Waals surface area (Å²) in [6, 6.07) is 0. The largest absolute Gasteiger partial charge is 0.245 e. The lowest BCUT2D eigenvalue weighted by atomic mass is 10.3. The van der Waals surface area contributed by atoms with Crippen LogP contribution in [0, 0.1) is 0 Å². The highest BCUT2D eigenvalue weighted by molar-refractivity contribution is 7.99. The molecule has 1 fully saturated rings. The average molecular weight is 213 g/mol. The Bertz CT molecular complexity index is 276. The molecule has 1 heterocycles. The zero-order valence-electron chi connectivity index (χ0n) is 8.12. The van der Waals surface area contributed by atoms with Crippen molar-refractivity contribution in [1.29, 1.82) is 0 Å². The molecule has 0 radical (unpaired) electrons. The summed E-state index contributed by atoms with van der Waals surface area (Å²) in [5.74, 6) is 1.91. The quantitative estimate of drug-likeness (QED) is 0.757. The van der Waals surface area contributed by atoms with Gasteiger partial charge in [-0.15, -0.1) is 11.3 Å². The molecule has 0 unspecified atom stereocenters. The van der Waals surface area contributed by atoms with Crippen molar-refractivity contribution in [2.24, 2.45) is 0 Å². The van der Waals surface area contributed by atoms with E-state index in [-0.39, 0.29) is 0 Å². The lowest BCUT2D eigenvalue weighted by molar-refractivity contribution is 1.03. The third-order valence-electron chi connectivity index (χ3n) is 2.11. The molecule has 1 aromatic heterocycles. The van der Waals surface area contributed by atoms with Gasteiger partial charge in [-0.3, -0.25) is 0 Å². The normalized spacial score (nSPS) is 16.8. The molecule has 3 heteroatoms. The Labute approximate surface area is 88.0 Å². The summed E-state index contributed by atoms with van der Waals surface area (Å²) in [4.78, 5) is 4.64. The fourth-order valence-corrected chi connectivity index (χ4v) is 2.87. The van der Waals surface area contributed by atoms with Crippen LogP contribution in [0.1, 0.15) is 43.3 Å². The van der Waals surface area contributed by atoms with E-state index in [0.717, 1.165) is 11.7 Å². The van der Waals surface area contributed by atoms with E-state index < -0.39 is 0 Å². The standard InChI is InChI=1S/C10H15NS2/c1-7(2)12-6-10-11-9(5-13-10)8-3-4-8/h5,7-8H,3-4,6H2,1-2H3. The number of aromatic nitrogens is 1. The van der Waals surface area contributed by atoms with Gasteiger partial charge in [0.2, 0.25) is 0 Å². The Morgan fingerprint density at radius 3 is 3.00 bits per heavy atom. The Morgan fingerprint density at radius 2 is 2.38 bits per heavy atom. The van der Waals surface area contributed by atoms with E-state index in [0.29, 0.717) is 5.25 Å². The van der Waals surface area contributed by atoms with Crippen molar-refractivity contribution in [2.75, 3.05) is 0 Å². The molecule has 1 aliphatic rings. The van der Waals surface area contributed by atoms with Crippen LogP contribution in [0.25, 0.3) is 0 Å². The van der Waals surface area contributed by atoms with Crippen LogP contribution in [0.4, 0.5) is 0 Å². The molecule has 0 amide bonds. The summed E-state index contributed by atoms with van der Waals surface area (Å²) in [6.45, 7) is 4.47. The van der Waals surface area contributed by atoms with E-state index in [1.807, 2.05) is 23.1 Å². The number of thioether (sulfide) groups is 1. The average Bonchev–Trinajstić information content (AvgIpc) is 2.83. The SMILES string of the molecule is CC(C)SCc1nc(C2CC2)cs1. The molecular weight excluding hydrogens is 198 g/mol. The van der Waals surface area contributed by atoms with Gasteiger partial charge in [-0.25, -0.2) is 4.98 Å². The predicted octanol–water partition coefficient (Wildman–Crippen LogP) is 3.66. The van der Waals surface area contributed by atoms with E-state index in [4.69, 9.17) is 0 Å². The maximum Gasteiger partial charge on any atom is 0.103 e. The monoisotopic (exact) mass is 213 g/mol. The van der Waals surface area contributed by atoms with Crippen molar-refractivity contribution in [2.45, 2.75) is 43.6 Å². The number of hydrogen-bond acceptors (Lipinski definition) is 3. The van der Waals surface area contributed by atoms with Gasteiger partial charge < -0.3 is 0 Å². The predicted molar refractivity (Wildman–Crippen MR) is 60.5 cm³/mol. The molecule has 1 nitrogen and oxygen atoms in total. The third-order valence-corrected chi connectivity index (χ3v) is 4.26. The van der Waals surface area contributed by atoms with Crippen molar-refractivity contribution < 1.29 is 0 Å². The number of rotatable bonds is 4. The van der Waals surface area contributed by atoms with Gasteiger partial charge >= 0.3 is 0 Å². The van der Waals surface area contributed by atoms with Gasteiger partial charge in [0, 0.05) is 17.1 Å². The second-order valence-electron chi connectivity index (χ2n) is 3.80. The fraction of sp³-hybridized carbons (Fsp3) is 0.700. The highest BCUT2D eigenvalue weighted by atomic mass is 32.2. The molecular formula is C10H15NS2. The molecule has 2 rings (SSSR count). The van der Waals surface area contributed by atoms with E-state index in [2.05, 4.69) is 24.2 Å². The molecule has 0 bridgehead atoms. The summed E-state index contributed by atoms with van der Waals surface area (Å²) < 4.78 is 0. The topological polar surface area (TPSA) is 12.9 Å². The molecule has 1 aromatic rings. The summed E-state index contributed by atoms with van der Waals surface area (Å²) >= 11 is 3.81. The molecule has 13 heavy (non-hydrogen) atoms. The first-order valence-corrected chi connectivity index (χ1v) is 6.74. The smallest absolute Gasteiger partial charge is 0.103 e. The second kappa shape index (κ2) is 4.01. The minimum atomic E-state index is 0.716. The number of hydrogen-bond donors (Lipinski definition) is 0. The summed E-state index contributed by atoms with van der Waals surface area (Å²) in [5.41, 5.74) is 1.35. The van der Waals surface area contributed by atoms with Crippen LogP contribution >= 0.6 is 23.1 Å². The van der Waals surface area contributed by atoms with E-state index in [1.165, 1.54) is 23.5 Å². The lowest BCUT2D eigenvalue weighted by Gasteiger charge is -2.00. The van der Waals surface area contributed by atoms with Gasteiger partial charge in [0.05, 0.1) is 5.69 Å². The minimum Gasteiger partial charge on any atom is -0.245 e. The first-order valence-electron chi connectivity index (χ1n) is 4.81. The first-order chi connectivity index (χ1) is 6.25. The van der Waals surface area contributed by atoms with Crippen LogP contribution in [0.5, 0.6) is 0 Å². The van der Waals surface area contributed by atoms with Gasteiger partial charge in [-0.2, -0.15) is 11.8 Å². The van der Waals surface area contributed by atoms with Gasteiger partial charge in [0.25, 0.3) is 0 Å². The molecule has 1 aliphatic carbocycles. The van der Waals surface area contributed by atoms with E-state index in [9.17, 15) is 0 Å². The van der Waals surface area contributed by atoms with Crippen LogP contribution in [0.3, 0.4) is 0 Å². The Hall–Kier alpha value is -0.0200. The zero-order valence-corrected chi connectivity index (χ0v) is 9.75. The van der Waals surface area contributed by atoms with Gasteiger partial charge in [-0.05, 0) is 18.1 Å². The highest BCUT2D eigenvalue weighted by Crippen LogP contribution is 2.40. The van der Waals surface area contributed by atoms with Crippen molar-refractivity contribution in [3.8, 4) is 0 Å². The molecule has 0 spiro atoms. The fourth-order valence-electron chi connectivity index (χ4n) is 1.20. The number of nitrogens with zero attached hydrogens (tertiary/aromatic N) is 1. The van der Waals surface area contributed by atoms with E-state index in [1.54, 1.807) is 0 Å². The maximum atomic E-state index is 4.64. The van der Waals surface area contributed by atoms with Crippen LogP contribution in [0.2, 0.25) is 0 Å². The molecule has 0 aromatic carbocycles. The summed E-state index contributed by atoms with van der Waals surface area (Å²) in [7, 11) is 0. The van der Waals surface area contributed by atoms with Gasteiger partial charge in [-0.1, -0.05) is 13.8 Å². The van der Waals surface area contributed by atoms with Gasteiger partial charge in [0.15, 0.2) is 0 Å². The molecule has 1 saturated carbocycles. The first kappa shape index (κ1) is 9.53. The highest BCUT2D eigenvalue weighted by Gasteiger charge is 2.25. The molecule has 0 atom stereocenters. The Kier molecular flexibility index (Phi) is 2.94. The van der Waals surface area contributed by atoms with Crippen molar-refractivity contribution in [1.82, 2.24) is 4.98 Å². The summed E-state index contributed by atoms with van der Waals surface area (Å²) in [5, 5.41) is 4.27. The van der Waals surface area contributed by atoms with Crippen molar-refractivity contribution in [3.63, 3.8) is 0 Å². The molecule has 0 aliphatic heterocycles. The maximum absolute atomic E-state index is 4.64. The lowest BCUT2D eigenvalue weighted by Crippen LogP contribution is -1.88. The molecule has 0 saturated heterocycles. The Morgan fingerprint density at radius 1 is 1.62 bits per heavy atom. The van der Waals surface area contributed by atoms with Crippen LogP contribution in [0.15, 0.2) is 5.38 Å². The number of thiazole rings is 1. The summed E-state index contributed by atoms with van der Waals surface area (Å²) in [6.07, 6.45) is 2.72. The van der Waals surface area contributed by atoms with Crippen LogP contribution in [-0.4, -0.2) is 10.2 Å². The Balaban J connectivity index is 1.89. The molecule has 72 valence electrons. The van der Waals surface area contributed by atoms with Gasteiger partial charge in [0.1, 0.15) is 5.01 Å². The van der Waals surface area contributed by atoms with Crippen LogP contribution in [-0.2, 0) is 5.75 Å². The second-order valence-corrected chi connectivity index (χ2v) is 6.31. The van der Waals surface area contributed by atoms with E-state index >= 15 is 0 Å². The zero-order chi connectivity index (χ0) is 9.26. The minimum absolute atomic E-state index is 0.716. The van der Waals surface area contributed by atoms with Crippen molar-refractivity contribution >= 4 is 23.1 Å².